The van der Waals surface area contributed by atoms with E-state index in [2.05, 4.69) is 18.1 Å². The third kappa shape index (κ3) is 24.9. The molecule has 2 nitrogen and oxygen atoms in total. The van der Waals surface area contributed by atoms with Crippen molar-refractivity contribution in [3.63, 3.8) is 0 Å². The Kier molecular flexibility index (Phi) is 8.11. The van der Waals surface area contributed by atoms with Crippen molar-refractivity contribution in [1.29, 1.82) is 0 Å². The number of imidazole rings is 1. The fourth-order valence-corrected chi connectivity index (χ4v) is 0.364. The van der Waals surface area contributed by atoms with Crippen molar-refractivity contribution in [2.24, 2.45) is 7.05 Å². The number of nitrogens with zero attached hydrogens (tertiary/aromatic N) is 1. The summed E-state index contributed by atoms with van der Waals surface area (Å²) < 4.78 is 40.9. The van der Waals surface area contributed by atoms with Crippen molar-refractivity contribution in [1.82, 2.24) is 4.57 Å². The van der Waals surface area contributed by atoms with Crippen molar-refractivity contribution < 1.29 is 22.2 Å². The first-order valence-electron chi connectivity index (χ1n) is 3.25. The van der Waals surface area contributed by atoms with Gasteiger partial charge in [0.25, 0.3) is 0 Å². The molecule has 0 bridgehead atoms. The summed E-state index contributed by atoms with van der Waals surface area (Å²) in [5.41, 5.74) is 0. The summed E-state index contributed by atoms with van der Waals surface area (Å²) in [6, 6.07) is 0. The Balaban J connectivity index is 0. The maximum atomic E-state index is 9.75. The molecule has 13 heavy (non-hydrogen) atoms. The summed E-state index contributed by atoms with van der Waals surface area (Å²) in [6.45, 7) is 6.00. The molecule has 0 aliphatic heterocycles. The Morgan fingerprint density at radius 2 is 1.62 bits per heavy atom. The monoisotopic (exact) mass is 198 g/mol. The van der Waals surface area contributed by atoms with Crippen LogP contribution in [0.5, 0.6) is 0 Å². The van der Waals surface area contributed by atoms with E-state index >= 15 is 0 Å². The van der Waals surface area contributed by atoms with Gasteiger partial charge in [0.1, 0.15) is 12.4 Å². The van der Waals surface area contributed by atoms with Crippen LogP contribution < -0.4 is 4.98 Å². The number of nitrogens with one attached hydrogen (secondary N) is 1. The first-order chi connectivity index (χ1) is 5.89. The highest BCUT2D eigenvalue weighted by Crippen LogP contribution is 2.06. The van der Waals surface area contributed by atoms with Gasteiger partial charge in [0.05, 0.1) is 7.05 Å². The minimum atomic E-state index is -6.00. The zero-order valence-corrected chi connectivity index (χ0v) is 7.18. The summed E-state index contributed by atoms with van der Waals surface area (Å²) >= 11 is 0. The van der Waals surface area contributed by atoms with Gasteiger partial charge < -0.3 is 17.3 Å². The second-order valence-electron chi connectivity index (χ2n) is 1.77. The highest BCUT2D eigenvalue weighted by atomic mass is 19.5. The highest BCUT2D eigenvalue weighted by molar-refractivity contribution is 6.50. The molecular weight excluding hydrogens is 187 g/mol. The van der Waals surface area contributed by atoms with Crippen LogP contribution in [0.15, 0.2) is 31.9 Å². The Morgan fingerprint density at radius 1 is 1.23 bits per heavy atom. The molecule has 1 rings (SSSR count). The van der Waals surface area contributed by atoms with Crippen molar-refractivity contribution in [3.8, 4) is 0 Å². The molecule has 7 heteroatoms. The predicted octanol–water partition coefficient (Wildman–Crippen LogP) is 1.94. The molecule has 0 radical (unpaired) electrons. The summed E-state index contributed by atoms with van der Waals surface area (Å²) in [5.74, 6) is 0. The van der Waals surface area contributed by atoms with Gasteiger partial charge in [-0.1, -0.05) is 0 Å². The second-order valence-corrected chi connectivity index (χ2v) is 1.77. The molecule has 1 heterocycles. The molecule has 0 saturated heterocycles. The van der Waals surface area contributed by atoms with Crippen LogP contribution in [-0.4, -0.2) is 11.8 Å². The number of H-pyrrole nitrogens is 1. The van der Waals surface area contributed by atoms with Crippen molar-refractivity contribution in [2.75, 3.05) is 0 Å². The zero-order chi connectivity index (χ0) is 10.9. The van der Waals surface area contributed by atoms with Crippen LogP contribution in [-0.2, 0) is 7.05 Å². The SMILES string of the molecule is C=C.Cn1cc[nH+]c1.F[B-](F)(F)F. The van der Waals surface area contributed by atoms with Gasteiger partial charge in [-0.05, 0) is 0 Å². The van der Waals surface area contributed by atoms with E-state index in [1.54, 1.807) is 0 Å². The molecular formula is C6H11BF4N2. The van der Waals surface area contributed by atoms with Gasteiger partial charge in [0, 0.05) is 0 Å². The summed E-state index contributed by atoms with van der Waals surface area (Å²) in [6.07, 6.45) is 5.69. The molecule has 1 N–H and O–H groups in total. The first kappa shape index (κ1) is 14.3. The molecule has 0 spiro atoms. The average molecular weight is 198 g/mol. The molecule has 1 aromatic heterocycles. The van der Waals surface area contributed by atoms with Crippen molar-refractivity contribution >= 4 is 7.25 Å². The Bertz CT molecular complexity index is 191. The number of hydrogen-bond donors (Lipinski definition) is 0. The van der Waals surface area contributed by atoms with E-state index in [-0.39, 0.29) is 0 Å². The van der Waals surface area contributed by atoms with Crippen LogP contribution in [0.2, 0.25) is 0 Å². The maximum absolute atomic E-state index is 9.75. The van der Waals surface area contributed by atoms with Crippen LogP contribution in [0.1, 0.15) is 0 Å². The Hall–Kier alpha value is -1.27. The molecule has 1 aromatic rings. The fourth-order valence-electron chi connectivity index (χ4n) is 0.364. The lowest BCUT2D eigenvalue weighted by atomic mass is 10.3. The van der Waals surface area contributed by atoms with Gasteiger partial charge >= 0.3 is 7.25 Å². The molecule has 0 aliphatic rings. The van der Waals surface area contributed by atoms with E-state index in [0.29, 0.717) is 0 Å². The fraction of sp³-hybridized carbons (Fsp3) is 0.167. The summed E-state index contributed by atoms with van der Waals surface area (Å²) in [7, 11) is -4.03. The molecule has 0 saturated carbocycles. The van der Waals surface area contributed by atoms with E-state index in [1.165, 1.54) is 0 Å². The summed E-state index contributed by atoms with van der Waals surface area (Å²) in [5, 5.41) is 0. The minimum Gasteiger partial charge on any atom is -0.418 e. The molecule has 0 aliphatic carbocycles. The molecule has 76 valence electrons. The molecule has 0 fully saturated rings. The molecule has 0 amide bonds. The van der Waals surface area contributed by atoms with E-state index in [0.717, 1.165) is 0 Å². The summed E-state index contributed by atoms with van der Waals surface area (Å²) in [4.78, 5) is 2.89. The quantitative estimate of drug-likeness (QED) is 0.344. The molecule has 0 unspecified atom stereocenters. The Labute approximate surface area is 74.0 Å². The lowest BCUT2D eigenvalue weighted by Crippen LogP contribution is -2.02. The van der Waals surface area contributed by atoms with Gasteiger partial charge in [-0.2, -0.15) is 0 Å². The van der Waals surface area contributed by atoms with Gasteiger partial charge in [-0.3, -0.25) is 4.98 Å². The van der Waals surface area contributed by atoms with Gasteiger partial charge in [0.15, 0.2) is 0 Å². The van der Waals surface area contributed by atoms with E-state index in [1.807, 2.05) is 30.3 Å². The number of aromatic nitrogens is 2. The van der Waals surface area contributed by atoms with Crippen LogP contribution in [0.4, 0.5) is 17.3 Å². The number of halogens is 4. The topological polar surface area (TPSA) is 19.1 Å². The normalized spacial score (nSPS) is 9.00. The standard InChI is InChI=1S/C4H6N2.C2H4.BF4/c1-6-3-2-5-4-6;1-2;2-1(3,4)5/h2-4H,1H3;1-2H2;/q;;-1/p+1. The molecule has 0 aromatic carbocycles. The average Bonchev–Trinajstić information content (AvgIpc) is 2.40. The zero-order valence-electron chi connectivity index (χ0n) is 7.18. The number of aryl methyl sites for hydroxylation is 1. The van der Waals surface area contributed by atoms with Crippen LogP contribution in [0, 0.1) is 0 Å². The number of rotatable bonds is 0. The van der Waals surface area contributed by atoms with Crippen LogP contribution in [0.3, 0.4) is 0 Å². The second kappa shape index (κ2) is 7.39. The first-order valence-corrected chi connectivity index (χ1v) is 3.25. The Morgan fingerprint density at radius 3 is 1.69 bits per heavy atom. The van der Waals surface area contributed by atoms with E-state index < -0.39 is 7.25 Å². The predicted molar refractivity (Wildman–Crippen MR) is 43.4 cm³/mol. The minimum absolute atomic E-state index is 1.88. The number of hydrogen-bond acceptors (Lipinski definition) is 0. The largest absolute Gasteiger partial charge is 0.673 e. The van der Waals surface area contributed by atoms with Crippen LogP contribution in [0.25, 0.3) is 0 Å². The number of aromatic amines is 1. The van der Waals surface area contributed by atoms with E-state index in [9.17, 15) is 17.3 Å². The van der Waals surface area contributed by atoms with Crippen LogP contribution >= 0.6 is 0 Å². The third-order valence-corrected chi connectivity index (χ3v) is 0.684. The molecule has 0 atom stereocenters. The van der Waals surface area contributed by atoms with Gasteiger partial charge in [-0.25, -0.2) is 4.57 Å². The maximum Gasteiger partial charge on any atom is 0.673 e. The lowest BCUT2D eigenvalue weighted by Gasteiger charge is -1.94. The van der Waals surface area contributed by atoms with Gasteiger partial charge in [-0.15, -0.1) is 13.2 Å². The highest BCUT2D eigenvalue weighted by Gasteiger charge is 2.20. The van der Waals surface area contributed by atoms with Gasteiger partial charge in [0.2, 0.25) is 6.33 Å². The van der Waals surface area contributed by atoms with Crippen molar-refractivity contribution in [2.45, 2.75) is 0 Å². The third-order valence-electron chi connectivity index (χ3n) is 0.684. The van der Waals surface area contributed by atoms with E-state index in [4.69, 9.17) is 0 Å². The lowest BCUT2D eigenvalue weighted by molar-refractivity contribution is -0.377. The smallest absolute Gasteiger partial charge is 0.418 e. The van der Waals surface area contributed by atoms with Crippen molar-refractivity contribution in [3.05, 3.63) is 31.9 Å².